The van der Waals surface area contributed by atoms with E-state index in [1.807, 2.05) is 0 Å². The highest BCUT2D eigenvalue weighted by Gasteiger charge is 2.00. The normalized spacial score (nSPS) is 15.9. The molecule has 0 amide bonds. The molecule has 4 heteroatoms. The van der Waals surface area contributed by atoms with E-state index in [0.717, 1.165) is 0 Å². The van der Waals surface area contributed by atoms with Gasteiger partial charge in [-0.25, -0.2) is 8.78 Å². The lowest BCUT2D eigenvalue weighted by Crippen LogP contribution is -2.09. The van der Waals surface area contributed by atoms with E-state index in [1.165, 1.54) is 0 Å². The van der Waals surface area contributed by atoms with Crippen LogP contribution in [0.4, 0.5) is 8.78 Å². The Morgan fingerprint density at radius 1 is 1.86 bits per heavy atom. The van der Waals surface area contributed by atoms with Crippen LogP contribution < -0.4 is 0 Å². The van der Waals surface area contributed by atoms with Crippen LogP contribution in [0.3, 0.4) is 0 Å². The van der Waals surface area contributed by atoms with Crippen molar-refractivity contribution in [1.82, 2.24) is 0 Å². The first-order valence-electron chi connectivity index (χ1n) is 2.13. The molecular formula is C3H8F2OSi. The lowest BCUT2D eigenvalue weighted by atomic mass is 10.8. The predicted molar refractivity (Wildman–Crippen MR) is 26.4 cm³/mol. The third-order valence-corrected chi connectivity index (χ3v) is 1.16. The van der Waals surface area contributed by atoms with E-state index in [9.17, 15) is 8.78 Å². The van der Waals surface area contributed by atoms with E-state index >= 15 is 0 Å². The molecule has 0 aromatic heterocycles. The van der Waals surface area contributed by atoms with Crippen LogP contribution >= 0.6 is 0 Å². The summed E-state index contributed by atoms with van der Waals surface area (Å²) >= 11 is 0. The van der Waals surface area contributed by atoms with Crippen molar-refractivity contribution in [3.05, 3.63) is 0 Å². The van der Waals surface area contributed by atoms with Crippen LogP contribution in [0.5, 0.6) is 0 Å². The highest BCUT2D eigenvalue weighted by atomic mass is 28.2. The Labute approximate surface area is 43.6 Å². The molecule has 0 N–H and O–H groups in total. The Morgan fingerprint density at radius 2 is 2.43 bits per heavy atom. The molecule has 44 valence electrons. The monoisotopic (exact) mass is 126 g/mol. The third-order valence-electron chi connectivity index (χ3n) is 0.469. The molecule has 0 heterocycles. The van der Waals surface area contributed by atoms with Crippen LogP contribution in [0.15, 0.2) is 0 Å². The van der Waals surface area contributed by atoms with E-state index in [4.69, 9.17) is 0 Å². The maximum absolute atomic E-state index is 11.6. The number of halogens is 2. The summed E-state index contributed by atoms with van der Waals surface area (Å²) in [6.45, 7) is 0.739. The summed E-state index contributed by atoms with van der Waals surface area (Å²) in [4.78, 5) is 0. The molecule has 0 rings (SSSR count). The third kappa shape index (κ3) is 3.88. The minimum Gasteiger partial charge on any atom is -0.394 e. The summed E-state index contributed by atoms with van der Waals surface area (Å²) in [6, 6.07) is 0. The van der Waals surface area contributed by atoms with E-state index in [2.05, 4.69) is 4.43 Å². The van der Waals surface area contributed by atoms with Crippen molar-refractivity contribution in [2.75, 3.05) is 6.67 Å². The van der Waals surface area contributed by atoms with Gasteiger partial charge in [0.1, 0.15) is 6.67 Å². The Bertz CT molecular complexity index is 43.9. The van der Waals surface area contributed by atoms with Crippen molar-refractivity contribution >= 4 is 9.76 Å². The molecule has 0 saturated heterocycles. The largest absolute Gasteiger partial charge is 0.394 e. The fourth-order valence-electron chi connectivity index (χ4n) is 0.225. The van der Waals surface area contributed by atoms with Gasteiger partial charge in [-0.2, -0.15) is 0 Å². The summed E-state index contributed by atoms with van der Waals surface area (Å²) < 4.78 is 27.0. The number of hydrogen-bond acceptors (Lipinski definition) is 1. The van der Waals surface area contributed by atoms with E-state index in [0.29, 0.717) is 0 Å². The SMILES string of the molecule is C[SiH2]OC(F)CF. The van der Waals surface area contributed by atoms with Gasteiger partial charge in [-0.1, -0.05) is 6.55 Å². The van der Waals surface area contributed by atoms with Gasteiger partial charge in [0.25, 0.3) is 0 Å². The van der Waals surface area contributed by atoms with Gasteiger partial charge in [0.2, 0.25) is 6.36 Å². The molecular weight excluding hydrogens is 118 g/mol. The van der Waals surface area contributed by atoms with Crippen LogP contribution in [0.1, 0.15) is 0 Å². The molecule has 1 unspecified atom stereocenters. The van der Waals surface area contributed by atoms with Gasteiger partial charge < -0.3 is 4.43 Å². The first kappa shape index (κ1) is 7.04. The topological polar surface area (TPSA) is 9.23 Å². The van der Waals surface area contributed by atoms with Gasteiger partial charge in [0.05, 0.1) is 0 Å². The van der Waals surface area contributed by atoms with Gasteiger partial charge in [0, 0.05) is 0 Å². The molecule has 0 aromatic rings. The van der Waals surface area contributed by atoms with Crippen molar-refractivity contribution in [2.45, 2.75) is 12.9 Å². The summed E-state index contributed by atoms with van der Waals surface area (Å²) in [7, 11) is -0.759. The smallest absolute Gasteiger partial charge is 0.218 e. The Kier molecular flexibility index (Phi) is 4.22. The van der Waals surface area contributed by atoms with Crippen molar-refractivity contribution in [3.8, 4) is 0 Å². The first-order chi connectivity index (χ1) is 3.31. The minimum atomic E-state index is -1.66. The Morgan fingerprint density at radius 3 is 2.57 bits per heavy atom. The Balaban J connectivity index is 2.83. The molecule has 0 radical (unpaired) electrons. The van der Waals surface area contributed by atoms with E-state index in [-0.39, 0.29) is 0 Å². The highest BCUT2D eigenvalue weighted by Crippen LogP contribution is 1.90. The minimum absolute atomic E-state index is 0.759. The fraction of sp³-hybridized carbons (Fsp3) is 1.00. The van der Waals surface area contributed by atoms with Crippen LogP contribution in [0, 0.1) is 0 Å². The van der Waals surface area contributed by atoms with Gasteiger partial charge in [0.15, 0.2) is 9.76 Å². The molecule has 0 bridgehead atoms. The standard InChI is InChI=1S/C3H8F2OSi/c1-7-6-3(5)2-4/h3H,2,7H2,1H3. The highest BCUT2D eigenvalue weighted by molar-refractivity contribution is 6.24. The second-order valence-corrected chi connectivity index (χ2v) is 1.93. The second kappa shape index (κ2) is 4.20. The summed E-state index contributed by atoms with van der Waals surface area (Å²) in [5, 5.41) is 0. The van der Waals surface area contributed by atoms with Crippen LogP contribution in [0.2, 0.25) is 6.55 Å². The van der Waals surface area contributed by atoms with Crippen molar-refractivity contribution < 1.29 is 13.2 Å². The lowest BCUT2D eigenvalue weighted by molar-refractivity contribution is 0.0475. The predicted octanol–water partition coefficient (Wildman–Crippen LogP) is 0.400. The lowest BCUT2D eigenvalue weighted by Gasteiger charge is -1.99. The average Bonchev–Trinajstić information content (AvgIpc) is 1.68. The number of rotatable bonds is 3. The molecule has 0 aliphatic carbocycles. The fourth-order valence-corrected chi connectivity index (χ4v) is 0.676. The maximum Gasteiger partial charge on any atom is 0.218 e. The van der Waals surface area contributed by atoms with Crippen molar-refractivity contribution in [2.24, 2.45) is 0 Å². The molecule has 0 aliphatic rings. The summed E-state index contributed by atoms with van der Waals surface area (Å²) in [5.41, 5.74) is 0. The zero-order valence-electron chi connectivity index (χ0n) is 4.16. The summed E-state index contributed by atoms with van der Waals surface area (Å²) in [5.74, 6) is 0. The van der Waals surface area contributed by atoms with Crippen LogP contribution in [-0.4, -0.2) is 22.8 Å². The van der Waals surface area contributed by atoms with E-state index < -0.39 is 22.8 Å². The average molecular weight is 126 g/mol. The molecule has 0 spiro atoms. The summed E-state index contributed by atoms with van der Waals surface area (Å²) in [6.07, 6.45) is -1.66. The molecule has 0 aromatic carbocycles. The van der Waals surface area contributed by atoms with Crippen LogP contribution in [-0.2, 0) is 4.43 Å². The Hall–Kier alpha value is 0.0369. The van der Waals surface area contributed by atoms with Crippen molar-refractivity contribution in [3.63, 3.8) is 0 Å². The van der Waals surface area contributed by atoms with Gasteiger partial charge in [-0.15, -0.1) is 0 Å². The molecule has 0 fully saturated rings. The maximum atomic E-state index is 11.6. The quantitative estimate of drug-likeness (QED) is 0.497. The van der Waals surface area contributed by atoms with Gasteiger partial charge in [-0.05, 0) is 0 Å². The van der Waals surface area contributed by atoms with Gasteiger partial charge >= 0.3 is 0 Å². The molecule has 1 nitrogen and oxygen atoms in total. The first-order valence-corrected chi connectivity index (χ1v) is 4.12. The number of hydrogen-bond donors (Lipinski definition) is 0. The molecule has 7 heavy (non-hydrogen) atoms. The zero-order valence-corrected chi connectivity index (χ0v) is 5.57. The second-order valence-electron chi connectivity index (χ2n) is 1.02. The molecule has 0 aliphatic heterocycles. The molecule has 0 saturated carbocycles. The number of alkyl halides is 2. The van der Waals surface area contributed by atoms with Crippen molar-refractivity contribution in [1.29, 1.82) is 0 Å². The van der Waals surface area contributed by atoms with Crippen LogP contribution in [0.25, 0.3) is 0 Å². The van der Waals surface area contributed by atoms with Gasteiger partial charge in [-0.3, -0.25) is 0 Å². The molecule has 1 atom stereocenters. The van der Waals surface area contributed by atoms with E-state index in [1.54, 1.807) is 6.55 Å². The zero-order chi connectivity index (χ0) is 5.70.